The third-order valence-electron chi connectivity index (χ3n) is 3.82. The van der Waals surface area contributed by atoms with Crippen molar-refractivity contribution in [2.45, 2.75) is 26.2 Å². The second-order valence-electron chi connectivity index (χ2n) is 5.23. The molecule has 3 nitrogen and oxygen atoms in total. The van der Waals surface area contributed by atoms with Crippen molar-refractivity contribution in [3.05, 3.63) is 57.3 Å². The predicted octanol–water partition coefficient (Wildman–Crippen LogP) is 3.75. The van der Waals surface area contributed by atoms with E-state index in [4.69, 9.17) is 10.5 Å². The lowest BCUT2D eigenvalue weighted by Gasteiger charge is -2.18. The lowest BCUT2D eigenvalue weighted by atomic mass is 9.92. The summed E-state index contributed by atoms with van der Waals surface area (Å²) in [6, 6.07) is 8.33. The normalized spacial score (nSPS) is 12.2. The molecule has 0 saturated carbocycles. The van der Waals surface area contributed by atoms with E-state index in [1.165, 1.54) is 5.56 Å². The molecule has 1 aromatic carbocycles. The van der Waals surface area contributed by atoms with Crippen LogP contribution in [0.3, 0.4) is 0 Å². The first-order valence-electron chi connectivity index (χ1n) is 7.01. The molecule has 0 amide bonds. The topological polar surface area (TPSA) is 48.1 Å². The Balaban J connectivity index is 2.29. The van der Waals surface area contributed by atoms with Crippen molar-refractivity contribution in [1.29, 1.82) is 0 Å². The van der Waals surface area contributed by atoms with Gasteiger partial charge in [0.1, 0.15) is 5.75 Å². The molecule has 1 atom stereocenters. The molecule has 0 spiro atoms. The number of hydrogen-bond donors (Lipinski definition) is 1. The average Bonchev–Trinajstić information content (AvgIpc) is 2.48. The zero-order chi connectivity index (χ0) is 15.4. The molecule has 0 aliphatic rings. The third kappa shape index (κ3) is 3.63. The molecule has 0 radical (unpaired) electrons. The molecule has 2 aromatic rings. The fourth-order valence-corrected chi connectivity index (χ4v) is 2.85. The first-order chi connectivity index (χ1) is 10.1. The van der Waals surface area contributed by atoms with Crippen LogP contribution in [0.1, 0.15) is 28.3 Å². The van der Waals surface area contributed by atoms with Crippen molar-refractivity contribution in [3.8, 4) is 5.75 Å². The van der Waals surface area contributed by atoms with E-state index in [2.05, 4.69) is 40.0 Å². The van der Waals surface area contributed by atoms with Crippen molar-refractivity contribution in [2.75, 3.05) is 13.7 Å². The van der Waals surface area contributed by atoms with Crippen LogP contribution in [0.2, 0.25) is 0 Å². The van der Waals surface area contributed by atoms with Gasteiger partial charge in [-0.25, -0.2) is 0 Å². The molecule has 0 fully saturated rings. The largest absolute Gasteiger partial charge is 0.496 e. The Morgan fingerprint density at radius 1 is 1.24 bits per heavy atom. The van der Waals surface area contributed by atoms with Gasteiger partial charge in [0.2, 0.25) is 0 Å². The van der Waals surface area contributed by atoms with Crippen LogP contribution in [0.5, 0.6) is 5.75 Å². The molecular formula is C17H21BrN2O. The minimum atomic E-state index is 0.261. The fourth-order valence-electron chi connectivity index (χ4n) is 2.58. The van der Waals surface area contributed by atoms with Crippen LogP contribution in [0.15, 0.2) is 34.9 Å². The number of aromatic nitrogens is 1. The molecule has 2 N–H and O–H groups in total. The van der Waals surface area contributed by atoms with Crippen molar-refractivity contribution in [2.24, 2.45) is 5.73 Å². The molecule has 0 aliphatic heterocycles. The molecular weight excluding hydrogens is 328 g/mol. The predicted molar refractivity (Wildman–Crippen MR) is 89.9 cm³/mol. The van der Waals surface area contributed by atoms with Crippen LogP contribution in [0.25, 0.3) is 0 Å². The zero-order valence-corrected chi connectivity index (χ0v) is 14.3. The number of nitrogens with two attached hydrogens (primary N) is 1. The van der Waals surface area contributed by atoms with Gasteiger partial charge in [-0.1, -0.05) is 28.1 Å². The third-order valence-corrected chi connectivity index (χ3v) is 4.34. The van der Waals surface area contributed by atoms with E-state index < -0.39 is 0 Å². The molecule has 1 unspecified atom stereocenters. The molecule has 0 saturated heterocycles. The van der Waals surface area contributed by atoms with E-state index in [0.717, 1.165) is 33.5 Å². The van der Waals surface area contributed by atoms with Crippen LogP contribution in [0.4, 0.5) is 0 Å². The second kappa shape index (κ2) is 7.05. The summed E-state index contributed by atoms with van der Waals surface area (Å²) >= 11 is 3.46. The quantitative estimate of drug-likeness (QED) is 0.894. The zero-order valence-electron chi connectivity index (χ0n) is 12.7. The van der Waals surface area contributed by atoms with Gasteiger partial charge in [0.15, 0.2) is 0 Å². The van der Waals surface area contributed by atoms with E-state index >= 15 is 0 Å². The Morgan fingerprint density at radius 3 is 2.48 bits per heavy atom. The maximum Gasteiger partial charge on any atom is 0.128 e. The lowest BCUT2D eigenvalue weighted by Crippen LogP contribution is -2.16. The Morgan fingerprint density at radius 2 is 1.90 bits per heavy atom. The Kier molecular flexibility index (Phi) is 5.37. The lowest BCUT2D eigenvalue weighted by molar-refractivity contribution is 0.406. The molecule has 4 heteroatoms. The molecule has 112 valence electrons. The fraction of sp³-hybridized carbons (Fsp3) is 0.353. The number of methoxy groups -OCH3 is 1. The van der Waals surface area contributed by atoms with Gasteiger partial charge in [-0.05, 0) is 44.5 Å². The first kappa shape index (κ1) is 16.0. The first-order valence-corrected chi connectivity index (χ1v) is 7.80. The second-order valence-corrected chi connectivity index (χ2v) is 6.15. The number of aryl methyl sites for hydroxylation is 1. The van der Waals surface area contributed by atoms with Crippen molar-refractivity contribution < 1.29 is 4.74 Å². The molecule has 1 heterocycles. The SMILES string of the molecule is COc1c(C)cnc(CC(CN)c2ccc(Br)cc2)c1C. The average molecular weight is 349 g/mol. The van der Waals surface area contributed by atoms with E-state index in [1.54, 1.807) is 7.11 Å². The molecule has 1 aromatic heterocycles. The summed E-state index contributed by atoms with van der Waals surface area (Å²) in [5, 5.41) is 0. The van der Waals surface area contributed by atoms with Gasteiger partial charge < -0.3 is 10.5 Å². The summed E-state index contributed by atoms with van der Waals surface area (Å²) in [6.45, 7) is 4.67. The highest BCUT2D eigenvalue weighted by Gasteiger charge is 2.16. The van der Waals surface area contributed by atoms with Gasteiger partial charge in [-0.3, -0.25) is 4.98 Å². The van der Waals surface area contributed by atoms with Crippen LogP contribution >= 0.6 is 15.9 Å². The number of halogens is 1. The van der Waals surface area contributed by atoms with Crippen LogP contribution < -0.4 is 10.5 Å². The maximum atomic E-state index is 5.97. The minimum absolute atomic E-state index is 0.261. The number of rotatable bonds is 5. The monoisotopic (exact) mass is 348 g/mol. The number of ether oxygens (including phenoxy) is 1. The molecule has 0 aliphatic carbocycles. The van der Waals surface area contributed by atoms with Gasteiger partial charge in [0.05, 0.1) is 7.11 Å². The smallest absolute Gasteiger partial charge is 0.128 e. The summed E-state index contributed by atoms with van der Waals surface area (Å²) < 4.78 is 6.55. The van der Waals surface area contributed by atoms with Gasteiger partial charge >= 0.3 is 0 Å². The standard InChI is InChI=1S/C17H21BrN2O/c1-11-10-20-16(12(2)17(11)21-3)8-14(9-19)13-4-6-15(18)7-5-13/h4-7,10,14H,8-9,19H2,1-3H3. The van der Waals surface area contributed by atoms with Gasteiger partial charge in [-0.15, -0.1) is 0 Å². The van der Waals surface area contributed by atoms with Crippen LogP contribution in [-0.4, -0.2) is 18.6 Å². The van der Waals surface area contributed by atoms with Crippen LogP contribution in [-0.2, 0) is 6.42 Å². The Bertz CT molecular complexity index is 611. The number of benzene rings is 1. The summed E-state index contributed by atoms with van der Waals surface area (Å²) in [7, 11) is 1.70. The summed E-state index contributed by atoms with van der Waals surface area (Å²) in [5.74, 6) is 1.18. The van der Waals surface area contributed by atoms with Crippen molar-refractivity contribution in [3.63, 3.8) is 0 Å². The highest BCUT2D eigenvalue weighted by Crippen LogP contribution is 2.28. The van der Waals surface area contributed by atoms with Crippen molar-refractivity contribution >= 4 is 15.9 Å². The van der Waals surface area contributed by atoms with Gasteiger partial charge in [0.25, 0.3) is 0 Å². The van der Waals surface area contributed by atoms with Crippen LogP contribution in [0, 0.1) is 13.8 Å². The van der Waals surface area contributed by atoms with Gasteiger partial charge in [-0.2, -0.15) is 0 Å². The minimum Gasteiger partial charge on any atom is -0.496 e. The number of hydrogen-bond acceptors (Lipinski definition) is 3. The Labute approximate surface area is 134 Å². The van der Waals surface area contributed by atoms with Crippen molar-refractivity contribution in [1.82, 2.24) is 4.98 Å². The van der Waals surface area contributed by atoms with E-state index in [0.29, 0.717) is 6.54 Å². The summed E-state index contributed by atoms with van der Waals surface area (Å²) in [4.78, 5) is 4.57. The van der Waals surface area contributed by atoms with E-state index in [9.17, 15) is 0 Å². The molecule has 0 bridgehead atoms. The Hall–Kier alpha value is -1.39. The number of pyridine rings is 1. The van der Waals surface area contributed by atoms with Gasteiger partial charge in [0, 0.05) is 33.4 Å². The summed E-state index contributed by atoms with van der Waals surface area (Å²) in [6.07, 6.45) is 2.69. The molecule has 2 rings (SSSR count). The maximum absolute atomic E-state index is 5.97. The number of nitrogens with zero attached hydrogens (tertiary/aromatic N) is 1. The highest BCUT2D eigenvalue weighted by atomic mass is 79.9. The van der Waals surface area contributed by atoms with E-state index in [1.807, 2.05) is 25.3 Å². The molecule has 21 heavy (non-hydrogen) atoms. The highest BCUT2D eigenvalue weighted by molar-refractivity contribution is 9.10. The van der Waals surface area contributed by atoms with E-state index in [-0.39, 0.29) is 5.92 Å². The summed E-state index contributed by atoms with van der Waals surface area (Å²) in [5.41, 5.74) is 10.4.